The van der Waals surface area contributed by atoms with E-state index in [0.29, 0.717) is 38.3 Å². The number of hydrogen-bond donors (Lipinski definition) is 1. The SMILES string of the molecule is CCOc1ccc(S(=O)(=O)N2CCC[C@H](C(=O)N[C@@H](C)COC)C2)cc1Cl. The highest BCUT2D eigenvalue weighted by molar-refractivity contribution is 7.89. The van der Waals surface area contributed by atoms with E-state index in [-0.39, 0.29) is 34.3 Å². The zero-order valence-electron chi connectivity index (χ0n) is 15.9. The first-order valence-electron chi connectivity index (χ1n) is 9.01. The maximum Gasteiger partial charge on any atom is 0.243 e. The molecule has 1 N–H and O–H groups in total. The van der Waals surface area contributed by atoms with Crippen molar-refractivity contribution in [1.29, 1.82) is 0 Å². The fraction of sp³-hybridized carbons (Fsp3) is 0.611. The molecule has 1 aliphatic rings. The van der Waals surface area contributed by atoms with Crippen molar-refractivity contribution in [1.82, 2.24) is 9.62 Å². The monoisotopic (exact) mass is 418 g/mol. The van der Waals surface area contributed by atoms with E-state index in [0.717, 1.165) is 0 Å². The number of piperidine rings is 1. The number of halogens is 1. The van der Waals surface area contributed by atoms with Crippen LogP contribution in [0.5, 0.6) is 5.75 Å². The third-order valence-electron chi connectivity index (χ3n) is 4.40. The summed E-state index contributed by atoms with van der Waals surface area (Å²) >= 11 is 6.14. The van der Waals surface area contributed by atoms with Gasteiger partial charge in [0, 0.05) is 26.2 Å². The first-order valence-corrected chi connectivity index (χ1v) is 10.8. The Balaban J connectivity index is 2.12. The molecule has 152 valence electrons. The summed E-state index contributed by atoms with van der Waals surface area (Å²) in [7, 11) is -2.16. The molecule has 1 fully saturated rings. The van der Waals surface area contributed by atoms with Crippen LogP contribution in [0, 0.1) is 5.92 Å². The minimum Gasteiger partial charge on any atom is -0.492 e. The van der Waals surface area contributed by atoms with Crippen molar-refractivity contribution < 1.29 is 22.7 Å². The maximum absolute atomic E-state index is 13.0. The minimum atomic E-state index is -3.73. The van der Waals surface area contributed by atoms with Crippen LogP contribution in [0.25, 0.3) is 0 Å². The van der Waals surface area contributed by atoms with Gasteiger partial charge < -0.3 is 14.8 Å². The molecule has 0 unspecified atom stereocenters. The van der Waals surface area contributed by atoms with E-state index >= 15 is 0 Å². The van der Waals surface area contributed by atoms with Gasteiger partial charge >= 0.3 is 0 Å². The second kappa shape index (κ2) is 9.73. The van der Waals surface area contributed by atoms with Crippen LogP contribution < -0.4 is 10.1 Å². The molecule has 27 heavy (non-hydrogen) atoms. The number of amides is 1. The van der Waals surface area contributed by atoms with Gasteiger partial charge in [0.05, 0.1) is 29.0 Å². The normalized spacial score (nSPS) is 19.5. The molecule has 1 amide bonds. The Hall–Kier alpha value is -1.35. The van der Waals surface area contributed by atoms with Crippen molar-refractivity contribution in [3.63, 3.8) is 0 Å². The minimum absolute atomic E-state index is 0.102. The van der Waals surface area contributed by atoms with Crippen LogP contribution in [-0.4, -0.2) is 58.1 Å². The first-order chi connectivity index (χ1) is 12.8. The predicted molar refractivity (Wildman–Crippen MR) is 104 cm³/mol. The number of sulfonamides is 1. The molecule has 0 bridgehead atoms. The van der Waals surface area contributed by atoms with Crippen molar-refractivity contribution >= 4 is 27.5 Å². The number of nitrogens with zero attached hydrogens (tertiary/aromatic N) is 1. The summed E-state index contributed by atoms with van der Waals surface area (Å²) in [4.78, 5) is 12.5. The van der Waals surface area contributed by atoms with Gasteiger partial charge in [0.2, 0.25) is 15.9 Å². The number of benzene rings is 1. The molecule has 1 heterocycles. The Kier molecular flexibility index (Phi) is 7.91. The Labute approximate surface area is 166 Å². The quantitative estimate of drug-likeness (QED) is 0.700. The highest BCUT2D eigenvalue weighted by Crippen LogP contribution is 2.30. The number of carbonyl (C=O) groups excluding carboxylic acids is 1. The van der Waals surface area contributed by atoms with Gasteiger partial charge in [-0.25, -0.2) is 8.42 Å². The molecule has 1 aromatic carbocycles. The molecular weight excluding hydrogens is 392 g/mol. The number of carbonyl (C=O) groups is 1. The van der Waals surface area contributed by atoms with Crippen molar-refractivity contribution in [3.05, 3.63) is 23.2 Å². The molecule has 0 aliphatic carbocycles. The Morgan fingerprint density at radius 1 is 1.44 bits per heavy atom. The van der Waals surface area contributed by atoms with Gasteiger partial charge in [-0.3, -0.25) is 4.79 Å². The third kappa shape index (κ3) is 5.57. The Morgan fingerprint density at radius 3 is 2.81 bits per heavy atom. The van der Waals surface area contributed by atoms with Crippen molar-refractivity contribution in [2.75, 3.05) is 33.4 Å². The lowest BCUT2D eigenvalue weighted by molar-refractivity contribution is -0.127. The van der Waals surface area contributed by atoms with Gasteiger partial charge in [-0.15, -0.1) is 0 Å². The van der Waals surface area contributed by atoms with Gasteiger partial charge in [0.15, 0.2) is 0 Å². The average molecular weight is 419 g/mol. The van der Waals surface area contributed by atoms with E-state index in [1.165, 1.54) is 16.4 Å². The second-order valence-electron chi connectivity index (χ2n) is 6.59. The maximum atomic E-state index is 13.0. The Bertz CT molecular complexity index is 756. The molecule has 0 spiro atoms. The zero-order chi connectivity index (χ0) is 20.0. The number of rotatable bonds is 8. The summed E-state index contributed by atoms with van der Waals surface area (Å²) < 4.78 is 37.7. The summed E-state index contributed by atoms with van der Waals surface area (Å²) in [6.45, 7) is 5.05. The second-order valence-corrected chi connectivity index (χ2v) is 8.94. The van der Waals surface area contributed by atoms with Crippen molar-refractivity contribution in [3.8, 4) is 5.75 Å². The lowest BCUT2D eigenvalue weighted by Gasteiger charge is -2.31. The molecular formula is C18H27ClN2O5S. The smallest absolute Gasteiger partial charge is 0.243 e. The first kappa shape index (κ1) is 21.9. The summed E-state index contributed by atoms with van der Waals surface area (Å²) in [6, 6.07) is 4.31. The topological polar surface area (TPSA) is 84.9 Å². The van der Waals surface area contributed by atoms with Crippen LogP contribution in [0.2, 0.25) is 5.02 Å². The van der Waals surface area contributed by atoms with Crippen molar-refractivity contribution in [2.24, 2.45) is 5.92 Å². The summed E-state index contributed by atoms with van der Waals surface area (Å²) in [6.07, 6.45) is 1.28. The molecule has 0 aromatic heterocycles. The average Bonchev–Trinajstić information content (AvgIpc) is 2.63. The molecule has 2 atom stereocenters. The number of ether oxygens (including phenoxy) is 2. The van der Waals surface area contributed by atoms with E-state index in [2.05, 4.69) is 5.32 Å². The Morgan fingerprint density at radius 2 is 2.19 bits per heavy atom. The van der Waals surface area contributed by atoms with E-state index in [9.17, 15) is 13.2 Å². The molecule has 1 aliphatic heterocycles. The molecule has 9 heteroatoms. The third-order valence-corrected chi connectivity index (χ3v) is 6.56. The molecule has 1 saturated heterocycles. The van der Waals surface area contributed by atoms with Gasteiger partial charge in [0.1, 0.15) is 5.75 Å². The number of hydrogen-bond acceptors (Lipinski definition) is 5. The number of methoxy groups -OCH3 is 1. The predicted octanol–water partition coefficient (Wildman–Crippen LogP) is 2.29. The molecule has 0 radical (unpaired) electrons. The van der Waals surface area contributed by atoms with Crippen LogP contribution in [0.15, 0.2) is 23.1 Å². The summed E-state index contributed by atoms with van der Waals surface area (Å²) in [5.41, 5.74) is 0. The van der Waals surface area contributed by atoms with Gasteiger partial charge in [0.25, 0.3) is 0 Å². The number of nitrogens with one attached hydrogen (secondary N) is 1. The van der Waals surface area contributed by atoms with Crippen LogP contribution in [-0.2, 0) is 19.6 Å². The summed E-state index contributed by atoms with van der Waals surface area (Å²) in [5, 5.41) is 3.12. The molecule has 2 rings (SSSR count). The fourth-order valence-corrected chi connectivity index (χ4v) is 4.94. The lowest BCUT2D eigenvalue weighted by Crippen LogP contribution is -2.47. The zero-order valence-corrected chi connectivity index (χ0v) is 17.5. The van der Waals surface area contributed by atoms with Crippen molar-refractivity contribution in [2.45, 2.75) is 37.6 Å². The van der Waals surface area contributed by atoms with Crippen LogP contribution in [0.1, 0.15) is 26.7 Å². The van der Waals surface area contributed by atoms with Gasteiger partial charge in [-0.2, -0.15) is 4.31 Å². The highest BCUT2D eigenvalue weighted by Gasteiger charge is 2.34. The van der Waals surface area contributed by atoms with E-state index in [1.54, 1.807) is 13.2 Å². The molecule has 7 nitrogen and oxygen atoms in total. The van der Waals surface area contributed by atoms with E-state index in [1.807, 2.05) is 13.8 Å². The lowest BCUT2D eigenvalue weighted by atomic mass is 9.98. The van der Waals surface area contributed by atoms with Crippen LogP contribution >= 0.6 is 11.6 Å². The summed E-state index contributed by atoms with van der Waals surface area (Å²) in [5.74, 6) is -0.0867. The standard InChI is InChI=1S/C18H27ClN2O5S/c1-4-26-17-8-7-15(10-16(17)19)27(23,24)21-9-5-6-14(11-21)18(22)20-13(2)12-25-3/h7-8,10,13-14H,4-6,9,11-12H2,1-3H3,(H,20,22)/t13-,14-/m0/s1. The largest absolute Gasteiger partial charge is 0.492 e. The van der Waals surface area contributed by atoms with Gasteiger partial charge in [-0.05, 0) is 44.9 Å². The van der Waals surface area contributed by atoms with Crippen LogP contribution in [0.3, 0.4) is 0 Å². The van der Waals surface area contributed by atoms with E-state index in [4.69, 9.17) is 21.1 Å². The van der Waals surface area contributed by atoms with E-state index < -0.39 is 10.0 Å². The highest BCUT2D eigenvalue weighted by atomic mass is 35.5. The fourth-order valence-electron chi connectivity index (χ4n) is 3.09. The van der Waals surface area contributed by atoms with Gasteiger partial charge in [-0.1, -0.05) is 11.6 Å². The molecule has 1 aromatic rings. The molecule has 0 saturated carbocycles. The van der Waals surface area contributed by atoms with Crippen LogP contribution in [0.4, 0.5) is 0 Å².